The van der Waals surface area contributed by atoms with Crippen molar-refractivity contribution in [3.8, 4) is 0 Å². The third-order valence-corrected chi connectivity index (χ3v) is 1.45. The van der Waals surface area contributed by atoms with E-state index in [4.69, 9.17) is 10.8 Å². The molecule has 0 fully saturated rings. The van der Waals surface area contributed by atoms with Crippen molar-refractivity contribution in [1.29, 1.82) is 0 Å². The molecule has 0 spiro atoms. The largest absolute Gasteiger partial charge is 0.478 e. The highest BCUT2D eigenvalue weighted by Crippen LogP contribution is 2.00. The maximum Gasteiger partial charge on any atom is 0.330 e. The Morgan fingerprint density at radius 1 is 1.50 bits per heavy atom. The van der Waals surface area contributed by atoms with Crippen LogP contribution in [0.3, 0.4) is 0 Å². The van der Waals surface area contributed by atoms with Crippen molar-refractivity contribution in [2.24, 2.45) is 5.73 Å². The molecule has 3 nitrogen and oxygen atoms in total. The Labute approximate surface area is 79.1 Å². The monoisotopic (exact) mass is 193 g/mol. The molecule has 0 saturated heterocycles. The molecule has 0 amide bonds. The molecule has 4 heteroatoms. The van der Waals surface area contributed by atoms with Gasteiger partial charge in [-0.1, -0.05) is 6.08 Å². The Morgan fingerprint density at radius 3 is 2.50 bits per heavy atom. The predicted molar refractivity (Wildman–Crippen MR) is 51.5 cm³/mol. The molecule has 0 aromatic rings. The van der Waals surface area contributed by atoms with Gasteiger partial charge in [0, 0.05) is 5.57 Å². The van der Waals surface area contributed by atoms with Gasteiger partial charge in [0.25, 0.3) is 0 Å². The number of hydrogen-bond donors (Lipinski definition) is 2. The highest BCUT2D eigenvalue weighted by Gasteiger charge is 1.96. The van der Waals surface area contributed by atoms with Gasteiger partial charge in [-0.15, -0.1) is 12.4 Å². The zero-order valence-corrected chi connectivity index (χ0v) is 8.06. The standard InChI is InChI=1S/C8H15NO2.ClH/c1-7(8(10)11)5-3-2-4-6-9;/h5H,2-4,6,9H2,1H3,(H,10,11);1H. The lowest BCUT2D eigenvalue weighted by molar-refractivity contribution is -0.132. The van der Waals surface area contributed by atoms with Crippen LogP contribution < -0.4 is 5.73 Å². The number of carboxylic acid groups (broad SMARTS) is 1. The normalized spacial score (nSPS) is 10.7. The van der Waals surface area contributed by atoms with E-state index in [9.17, 15) is 4.79 Å². The zero-order valence-electron chi connectivity index (χ0n) is 7.25. The minimum atomic E-state index is -0.835. The molecule has 0 bridgehead atoms. The van der Waals surface area contributed by atoms with Crippen LogP contribution in [0.15, 0.2) is 11.6 Å². The van der Waals surface area contributed by atoms with E-state index in [2.05, 4.69) is 0 Å². The van der Waals surface area contributed by atoms with E-state index in [1.54, 1.807) is 13.0 Å². The summed E-state index contributed by atoms with van der Waals surface area (Å²) in [7, 11) is 0. The van der Waals surface area contributed by atoms with Gasteiger partial charge < -0.3 is 10.8 Å². The Balaban J connectivity index is 0. The Morgan fingerprint density at radius 2 is 2.08 bits per heavy atom. The van der Waals surface area contributed by atoms with E-state index in [1.165, 1.54) is 0 Å². The Hall–Kier alpha value is -0.540. The lowest BCUT2D eigenvalue weighted by Crippen LogP contribution is -1.98. The Kier molecular flexibility index (Phi) is 9.99. The van der Waals surface area contributed by atoms with E-state index in [-0.39, 0.29) is 12.4 Å². The SMILES string of the molecule is CC(=CCCCCN)C(=O)O.Cl. The second-order valence-corrected chi connectivity index (χ2v) is 2.48. The van der Waals surface area contributed by atoms with Crippen LogP contribution in [-0.2, 0) is 4.79 Å². The summed E-state index contributed by atoms with van der Waals surface area (Å²) in [4.78, 5) is 10.3. The molecule has 0 atom stereocenters. The van der Waals surface area contributed by atoms with Crippen molar-refractivity contribution in [2.75, 3.05) is 6.54 Å². The average molecular weight is 194 g/mol. The minimum absolute atomic E-state index is 0. The number of unbranched alkanes of at least 4 members (excludes halogenated alkanes) is 2. The fourth-order valence-electron chi connectivity index (χ4n) is 0.695. The second-order valence-electron chi connectivity index (χ2n) is 2.48. The molecule has 0 aliphatic heterocycles. The number of carbonyl (C=O) groups is 1. The first-order valence-electron chi connectivity index (χ1n) is 3.78. The first-order chi connectivity index (χ1) is 5.18. The molecule has 0 aliphatic carbocycles. The molecule has 0 saturated carbocycles. The summed E-state index contributed by atoms with van der Waals surface area (Å²) in [5.41, 5.74) is 5.69. The lowest BCUT2D eigenvalue weighted by atomic mass is 10.2. The topological polar surface area (TPSA) is 63.3 Å². The molecule has 72 valence electrons. The second kappa shape index (κ2) is 8.56. The maximum atomic E-state index is 10.3. The van der Waals surface area contributed by atoms with Gasteiger partial charge in [-0.25, -0.2) is 4.79 Å². The lowest BCUT2D eigenvalue weighted by Gasteiger charge is -1.93. The van der Waals surface area contributed by atoms with E-state index >= 15 is 0 Å². The minimum Gasteiger partial charge on any atom is -0.478 e. The van der Waals surface area contributed by atoms with Gasteiger partial charge in [0.15, 0.2) is 0 Å². The third kappa shape index (κ3) is 7.57. The van der Waals surface area contributed by atoms with E-state index < -0.39 is 5.97 Å². The molecule has 12 heavy (non-hydrogen) atoms. The van der Waals surface area contributed by atoms with E-state index in [0.29, 0.717) is 12.1 Å². The summed E-state index contributed by atoms with van der Waals surface area (Å²) >= 11 is 0. The molecule has 0 aromatic carbocycles. The third-order valence-electron chi connectivity index (χ3n) is 1.45. The van der Waals surface area contributed by atoms with Gasteiger partial charge in [0.05, 0.1) is 0 Å². The van der Waals surface area contributed by atoms with Gasteiger partial charge in [-0.2, -0.15) is 0 Å². The van der Waals surface area contributed by atoms with Crippen LogP contribution in [-0.4, -0.2) is 17.6 Å². The van der Waals surface area contributed by atoms with Crippen molar-refractivity contribution in [2.45, 2.75) is 26.2 Å². The highest BCUT2D eigenvalue weighted by molar-refractivity contribution is 5.85. The van der Waals surface area contributed by atoms with Crippen LogP contribution in [0.2, 0.25) is 0 Å². The van der Waals surface area contributed by atoms with Crippen LogP contribution in [0.4, 0.5) is 0 Å². The molecular weight excluding hydrogens is 178 g/mol. The van der Waals surface area contributed by atoms with Crippen LogP contribution in [0, 0.1) is 0 Å². The molecular formula is C8H16ClNO2. The highest BCUT2D eigenvalue weighted by atomic mass is 35.5. The summed E-state index contributed by atoms with van der Waals surface area (Å²) < 4.78 is 0. The van der Waals surface area contributed by atoms with Gasteiger partial charge in [0.2, 0.25) is 0 Å². The first-order valence-corrected chi connectivity index (χ1v) is 3.78. The Bertz CT molecular complexity index is 157. The van der Waals surface area contributed by atoms with E-state index in [0.717, 1.165) is 19.3 Å². The summed E-state index contributed by atoms with van der Waals surface area (Å²) in [6, 6.07) is 0. The number of carboxylic acids is 1. The summed E-state index contributed by atoms with van der Waals surface area (Å²) in [5.74, 6) is -0.835. The van der Waals surface area contributed by atoms with Gasteiger partial charge >= 0.3 is 5.97 Å². The van der Waals surface area contributed by atoms with Crippen molar-refractivity contribution < 1.29 is 9.90 Å². The van der Waals surface area contributed by atoms with Crippen molar-refractivity contribution in [3.63, 3.8) is 0 Å². The molecule has 0 heterocycles. The van der Waals surface area contributed by atoms with Crippen LogP contribution in [0.5, 0.6) is 0 Å². The predicted octanol–water partition coefficient (Wildman–Crippen LogP) is 1.57. The fraction of sp³-hybridized carbons (Fsp3) is 0.625. The van der Waals surface area contributed by atoms with E-state index in [1.807, 2.05) is 0 Å². The van der Waals surface area contributed by atoms with Gasteiger partial charge in [-0.05, 0) is 32.7 Å². The first kappa shape index (κ1) is 14.0. The van der Waals surface area contributed by atoms with Crippen LogP contribution in [0.1, 0.15) is 26.2 Å². The number of hydrogen-bond acceptors (Lipinski definition) is 2. The number of aliphatic carboxylic acids is 1. The van der Waals surface area contributed by atoms with Crippen LogP contribution in [0.25, 0.3) is 0 Å². The van der Waals surface area contributed by atoms with Gasteiger partial charge in [0.1, 0.15) is 0 Å². The summed E-state index contributed by atoms with van der Waals surface area (Å²) in [5, 5.41) is 8.45. The number of rotatable bonds is 5. The van der Waals surface area contributed by atoms with Crippen LogP contribution >= 0.6 is 12.4 Å². The molecule has 3 N–H and O–H groups in total. The quantitative estimate of drug-likeness (QED) is 0.515. The molecule has 0 radical (unpaired) electrons. The number of halogens is 1. The van der Waals surface area contributed by atoms with Crippen molar-refractivity contribution in [1.82, 2.24) is 0 Å². The van der Waals surface area contributed by atoms with Crippen molar-refractivity contribution >= 4 is 18.4 Å². The number of allylic oxidation sites excluding steroid dienone is 1. The average Bonchev–Trinajstić information content (AvgIpc) is 1.97. The molecule has 0 aromatic heterocycles. The summed E-state index contributed by atoms with van der Waals surface area (Å²) in [6.45, 7) is 2.28. The molecule has 0 rings (SSSR count). The molecule has 0 aliphatic rings. The zero-order chi connectivity index (χ0) is 8.69. The fourth-order valence-corrected chi connectivity index (χ4v) is 0.695. The smallest absolute Gasteiger partial charge is 0.330 e. The number of nitrogens with two attached hydrogens (primary N) is 1. The maximum absolute atomic E-state index is 10.3. The van der Waals surface area contributed by atoms with Gasteiger partial charge in [-0.3, -0.25) is 0 Å². The summed E-state index contributed by atoms with van der Waals surface area (Å²) in [6.07, 6.45) is 4.48. The van der Waals surface area contributed by atoms with Crippen molar-refractivity contribution in [3.05, 3.63) is 11.6 Å². The molecule has 0 unspecified atom stereocenters.